The van der Waals surface area contributed by atoms with Crippen LogP contribution in [-0.4, -0.2) is 63.4 Å². The Balaban J connectivity index is 1.34. The first-order valence-electron chi connectivity index (χ1n) is 10.5. The van der Waals surface area contributed by atoms with E-state index in [9.17, 15) is 4.39 Å². The molecule has 2 N–H and O–H groups in total. The van der Waals surface area contributed by atoms with Gasteiger partial charge in [0.15, 0.2) is 5.96 Å². The van der Waals surface area contributed by atoms with Gasteiger partial charge in [0, 0.05) is 33.1 Å². The molecule has 0 amide bonds. The summed E-state index contributed by atoms with van der Waals surface area (Å²) in [4.78, 5) is 6.73. The smallest absolute Gasteiger partial charge is 0.191 e. The van der Waals surface area contributed by atoms with Crippen molar-refractivity contribution >= 4 is 5.96 Å². The summed E-state index contributed by atoms with van der Waals surface area (Å²) in [6, 6.07) is 15.0. The zero-order valence-electron chi connectivity index (χ0n) is 17.3. The summed E-state index contributed by atoms with van der Waals surface area (Å²) < 4.78 is 24.9. The second-order valence-electron chi connectivity index (χ2n) is 7.60. The molecule has 0 saturated carbocycles. The zero-order valence-corrected chi connectivity index (χ0v) is 17.3. The summed E-state index contributed by atoms with van der Waals surface area (Å²) in [6.45, 7) is 4.46. The fourth-order valence-electron chi connectivity index (χ4n) is 4.02. The molecule has 160 valence electrons. The summed E-state index contributed by atoms with van der Waals surface area (Å²) in [6.07, 6.45) is 0.986. The van der Waals surface area contributed by atoms with Crippen LogP contribution in [0, 0.1) is 5.82 Å². The molecule has 2 aromatic rings. The quantitative estimate of drug-likeness (QED) is 0.564. The van der Waals surface area contributed by atoms with Gasteiger partial charge in [-0.2, -0.15) is 0 Å². The average molecular weight is 413 g/mol. The maximum absolute atomic E-state index is 13.4. The number of rotatable bonds is 6. The van der Waals surface area contributed by atoms with Crippen LogP contribution < -0.4 is 15.4 Å². The van der Waals surface area contributed by atoms with Crippen molar-refractivity contribution in [3.05, 3.63) is 65.5 Å². The third kappa shape index (κ3) is 5.09. The Morgan fingerprint density at radius 1 is 1.13 bits per heavy atom. The van der Waals surface area contributed by atoms with Crippen molar-refractivity contribution in [2.45, 2.75) is 18.6 Å². The van der Waals surface area contributed by atoms with Gasteiger partial charge in [-0.25, -0.2) is 4.39 Å². The Bertz CT molecular complexity index is 828. The number of nitrogens with one attached hydrogen (secondary N) is 2. The molecule has 1 fully saturated rings. The van der Waals surface area contributed by atoms with Gasteiger partial charge in [-0.1, -0.05) is 30.3 Å². The largest absolute Gasteiger partial charge is 0.488 e. The van der Waals surface area contributed by atoms with E-state index in [1.165, 1.54) is 17.7 Å². The molecule has 0 aromatic heterocycles. The van der Waals surface area contributed by atoms with E-state index in [0.29, 0.717) is 26.3 Å². The lowest BCUT2D eigenvalue weighted by molar-refractivity contribution is 0.0170. The van der Waals surface area contributed by atoms with E-state index in [1.807, 2.05) is 30.3 Å². The van der Waals surface area contributed by atoms with E-state index in [0.717, 1.165) is 36.8 Å². The minimum atomic E-state index is -0.220. The molecular weight excluding hydrogens is 383 g/mol. The van der Waals surface area contributed by atoms with Gasteiger partial charge in [-0.05, 0) is 29.3 Å². The first kappa shape index (κ1) is 20.6. The van der Waals surface area contributed by atoms with Crippen molar-refractivity contribution in [3.8, 4) is 5.75 Å². The number of halogens is 1. The van der Waals surface area contributed by atoms with Crippen molar-refractivity contribution in [1.82, 2.24) is 15.5 Å². The second-order valence-corrected chi connectivity index (χ2v) is 7.60. The molecule has 30 heavy (non-hydrogen) atoms. The molecule has 1 saturated heterocycles. The lowest BCUT2D eigenvalue weighted by atomic mass is 10.0. The van der Waals surface area contributed by atoms with E-state index in [1.54, 1.807) is 7.05 Å². The van der Waals surface area contributed by atoms with Gasteiger partial charge in [0.1, 0.15) is 17.7 Å². The maximum Gasteiger partial charge on any atom is 0.191 e. The molecule has 7 heteroatoms. The summed E-state index contributed by atoms with van der Waals surface area (Å²) >= 11 is 0. The first-order chi connectivity index (χ1) is 14.7. The van der Waals surface area contributed by atoms with Crippen molar-refractivity contribution in [2.24, 2.45) is 4.99 Å². The Hall–Kier alpha value is -2.64. The van der Waals surface area contributed by atoms with Crippen LogP contribution >= 0.6 is 0 Å². The van der Waals surface area contributed by atoms with Crippen LogP contribution in [0.2, 0.25) is 0 Å². The molecule has 2 aliphatic rings. The van der Waals surface area contributed by atoms with Crippen LogP contribution in [-0.2, 0) is 11.2 Å². The lowest BCUT2D eigenvalue weighted by Gasteiger charge is -2.35. The molecule has 2 aromatic carbocycles. The molecular formula is C23H29FN4O2. The number of benzene rings is 2. The van der Waals surface area contributed by atoms with Crippen LogP contribution in [0.15, 0.2) is 53.5 Å². The van der Waals surface area contributed by atoms with E-state index >= 15 is 0 Å². The minimum absolute atomic E-state index is 0.0908. The minimum Gasteiger partial charge on any atom is -0.488 e. The first-order valence-corrected chi connectivity index (χ1v) is 10.5. The number of para-hydroxylation sites is 1. The number of guanidine groups is 1. The SMILES string of the molecule is CN=C(NCC1Cc2ccccc2O1)NCC(c1ccc(F)cc1)N1CCOCC1. The Morgan fingerprint density at radius 2 is 1.90 bits per heavy atom. The highest BCUT2D eigenvalue weighted by Crippen LogP contribution is 2.27. The highest BCUT2D eigenvalue weighted by molar-refractivity contribution is 5.79. The normalized spacial score (nSPS) is 20.3. The predicted molar refractivity (Wildman–Crippen MR) is 115 cm³/mol. The molecule has 2 unspecified atom stereocenters. The number of fused-ring (bicyclic) bond motifs is 1. The number of aliphatic imine (C=N–C) groups is 1. The van der Waals surface area contributed by atoms with Crippen LogP contribution in [0.5, 0.6) is 5.75 Å². The van der Waals surface area contributed by atoms with Gasteiger partial charge >= 0.3 is 0 Å². The molecule has 0 aliphatic carbocycles. The Labute approximate surface area is 177 Å². The number of hydrogen-bond donors (Lipinski definition) is 2. The summed E-state index contributed by atoms with van der Waals surface area (Å²) in [5.41, 5.74) is 2.33. The standard InChI is InChI=1S/C23H29FN4O2/c1-25-23(26-15-20-14-18-4-2-3-5-22(18)30-20)27-16-21(28-10-12-29-13-11-28)17-6-8-19(24)9-7-17/h2-9,20-21H,10-16H2,1H3,(H2,25,26,27). The van der Waals surface area contributed by atoms with E-state index < -0.39 is 0 Å². The van der Waals surface area contributed by atoms with E-state index in [4.69, 9.17) is 9.47 Å². The summed E-state index contributed by atoms with van der Waals surface area (Å²) in [5, 5.41) is 6.81. The molecule has 0 radical (unpaired) electrons. The molecule has 0 bridgehead atoms. The predicted octanol–water partition coefficient (Wildman–Crippen LogP) is 2.37. The summed E-state index contributed by atoms with van der Waals surface area (Å²) in [7, 11) is 1.77. The lowest BCUT2D eigenvalue weighted by Crippen LogP contribution is -2.47. The topological polar surface area (TPSA) is 58.1 Å². The number of morpholine rings is 1. The zero-order chi connectivity index (χ0) is 20.8. The number of nitrogens with zero attached hydrogens (tertiary/aromatic N) is 2. The molecule has 4 rings (SSSR count). The monoisotopic (exact) mass is 412 g/mol. The van der Waals surface area contributed by atoms with Gasteiger partial charge in [0.2, 0.25) is 0 Å². The number of hydrogen-bond acceptors (Lipinski definition) is 4. The number of ether oxygens (including phenoxy) is 2. The third-order valence-electron chi connectivity index (χ3n) is 5.64. The van der Waals surface area contributed by atoms with Crippen LogP contribution in [0.4, 0.5) is 4.39 Å². The second kappa shape index (κ2) is 9.91. The van der Waals surface area contributed by atoms with Gasteiger partial charge in [0.25, 0.3) is 0 Å². The average Bonchev–Trinajstić information content (AvgIpc) is 3.21. The highest BCUT2D eigenvalue weighted by Gasteiger charge is 2.24. The molecule has 2 atom stereocenters. The summed E-state index contributed by atoms with van der Waals surface area (Å²) in [5.74, 6) is 1.48. The fraction of sp³-hybridized carbons (Fsp3) is 0.435. The van der Waals surface area contributed by atoms with Gasteiger partial charge in [-0.15, -0.1) is 0 Å². The maximum atomic E-state index is 13.4. The van der Waals surface area contributed by atoms with Gasteiger partial charge < -0.3 is 20.1 Å². The van der Waals surface area contributed by atoms with Crippen molar-refractivity contribution in [2.75, 3.05) is 46.4 Å². The van der Waals surface area contributed by atoms with Crippen LogP contribution in [0.3, 0.4) is 0 Å². The highest BCUT2D eigenvalue weighted by atomic mass is 19.1. The van der Waals surface area contributed by atoms with Crippen molar-refractivity contribution in [1.29, 1.82) is 0 Å². The molecule has 2 heterocycles. The van der Waals surface area contributed by atoms with Crippen LogP contribution in [0.1, 0.15) is 17.2 Å². The third-order valence-corrected chi connectivity index (χ3v) is 5.64. The van der Waals surface area contributed by atoms with Crippen LogP contribution in [0.25, 0.3) is 0 Å². The Morgan fingerprint density at radius 3 is 2.63 bits per heavy atom. The Kier molecular flexibility index (Phi) is 6.81. The van der Waals surface area contributed by atoms with Gasteiger partial charge in [0.05, 0.1) is 25.8 Å². The van der Waals surface area contributed by atoms with E-state index in [-0.39, 0.29) is 18.0 Å². The van der Waals surface area contributed by atoms with E-state index in [2.05, 4.69) is 26.6 Å². The van der Waals surface area contributed by atoms with Crippen molar-refractivity contribution < 1.29 is 13.9 Å². The fourth-order valence-corrected chi connectivity index (χ4v) is 4.02. The molecule has 0 spiro atoms. The molecule has 6 nitrogen and oxygen atoms in total. The van der Waals surface area contributed by atoms with Gasteiger partial charge in [-0.3, -0.25) is 9.89 Å². The van der Waals surface area contributed by atoms with Crippen molar-refractivity contribution in [3.63, 3.8) is 0 Å². The molecule has 2 aliphatic heterocycles.